The van der Waals surface area contributed by atoms with Gasteiger partial charge < -0.3 is 11.5 Å². The van der Waals surface area contributed by atoms with E-state index in [-0.39, 0.29) is 5.95 Å². The molecule has 0 atom stereocenters. The third kappa shape index (κ3) is 1.78. The molecule has 3 rings (SSSR count). The predicted octanol–water partition coefficient (Wildman–Crippen LogP) is 2.45. The van der Waals surface area contributed by atoms with Gasteiger partial charge in [-0.25, -0.2) is 4.98 Å². The molecule has 1 aliphatic carbocycles. The molecule has 92 valence electrons. The second-order valence-corrected chi connectivity index (χ2v) is 4.88. The summed E-state index contributed by atoms with van der Waals surface area (Å²) >= 11 is 6.07. The first-order valence-electron chi connectivity index (χ1n) is 5.86. The normalized spacial score (nSPS) is 13.6. The molecule has 0 saturated heterocycles. The number of nitrogens with zero attached hydrogens (tertiary/aromatic N) is 2. The Hall–Kier alpha value is -1.81. The Balaban J connectivity index is 2.32. The number of rotatable bonds is 0. The number of hydrogen-bond donors (Lipinski definition) is 2. The Kier molecular flexibility index (Phi) is 2.59. The van der Waals surface area contributed by atoms with Gasteiger partial charge in [0, 0.05) is 10.6 Å². The number of nitrogens with two attached hydrogens (primary N) is 2. The van der Waals surface area contributed by atoms with Gasteiger partial charge in [-0.05, 0) is 42.5 Å². The smallest absolute Gasteiger partial charge is 0.222 e. The molecule has 2 aromatic rings. The van der Waals surface area contributed by atoms with Crippen molar-refractivity contribution in [2.24, 2.45) is 0 Å². The van der Waals surface area contributed by atoms with Gasteiger partial charge in [-0.15, -0.1) is 0 Å². The molecule has 1 aromatic heterocycles. The van der Waals surface area contributed by atoms with Gasteiger partial charge in [-0.2, -0.15) is 4.98 Å². The van der Waals surface area contributed by atoms with Gasteiger partial charge >= 0.3 is 0 Å². The summed E-state index contributed by atoms with van der Waals surface area (Å²) in [5.74, 6) is 0.666. The SMILES string of the molecule is Nc1nc(N)c2c(n1)CCCc1ccc(Cl)cc1-2. The number of aryl methyl sites for hydroxylation is 2. The molecule has 0 bridgehead atoms. The lowest BCUT2D eigenvalue weighted by atomic mass is 9.99. The maximum atomic E-state index is 6.07. The minimum absolute atomic E-state index is 0.233. The summed E-state index contributed by atoms with van der Waals surface area (Å²) in [5.41, 5.74) is 15.7. The van der Waals surface area contributed by atoms with Crippen LogP contribution >= 0.6 is 11.6 Å². The van der Waals surface area contributed by atoms with Crippen LogP contribution in [-0.2, 0) is 12.8 Å². The monoisotopic (exact) mass is 260 g/mol. The second-order valence-electron chi connectivity index (χ2n) is 4.44. The van der Waals surface area contributed by atoms with E-state index in [0.29, 0.717) is 10.8 Å². The van der Waals surface area contributed by atoms with Crippen LogP contribution in [0.5, 0.6) is 0 Å². The number of halogens is 1. The average Bonchev–Trinajstić information content (AvgIpc) is 2.47. The van der Waals surface area contributed by atoms with E-state index in [1.54, 1.807) is 0 Å². The van der Waals surface area contributed by atoms with E-state index in [9.17, 15) is 0 Å². The summed E-state index contributed by atoms with van der Waals surface area (Å²) in [4.78, 5) is 8.37. The highest BCUT2D eigenvalue weighted by atomic mass is 35.5. The minimum Gasteiger partial charge on any atom is -0.383 e. The molecular formula is C13H13ClN4. The van der Waals surface area contributed by atoms with Crippen molar-refractivity contribution in [1.29, 1.82) is 0 Å². The lowest BCUT2D eigenvalue weighted by Gasteiger charge is -2.11. The summed E-state index contributed by atoms with van der Waals surface area (Å²) in [7, 11) is 0. The minimum atomic E-state index is 0.233. The van der Waals surface area contributed by atoms with E-state index in [2.05, 4.69) is 9.97 Å². The number of nitrogen functional groups attached to an aromatic ring is 2. The van der Waals surface area contributed by atoms with Crippen molar-refractivity contribution < 1.29 is 0 Å². The Morgan fingerprint density at radius 3 is 2.78 bits per heavy atom. The highest BCUT2D eigenvalue weighted by molar-refractivity contribution is 6.31. The first-order chi connectivity index (χ1) is 8.65. The number of anilines is 2. The number of hydrogen-bond acceptors (Lipinski definition) is 4. The van der Waals surface area contributed by atoms with Crippen molar-refractivity contribution in [2.75, 3.05) is 11.5 Å². The number of aromatic nitrogens is 2. The van der Waals surface area contributed by atoms with Crippen LogP contribution in [0.15, 0.2) is 18.2 Å². The number of benzene rings is 1. The Bertz CT molecular complexity index is 625. The maximum absolute atomic E-state index is 6.07. The number of fused-ring (bicyclic) bond motifs is 3. The van der Waals surface area contributed by atoms with E-state index in [1.165, 1.54) is 5.56 Å². The highest BCUT2D eigenvalue weighted by Gasteiger charge is 2.19. The standard InChI is InChI=1S/C13H13ClN4/c14-8-5-4-7-2-1-3-10-11(9(7)6-8)12(15)18-13(16)17-10/h4-6H,1-3H2,(H4,15,16,17,18). The van der Waals surface area contributed by atoms with E-state index in [0.717, 1.165) is 36.1 Å². The quantitative estimate of drug-likeness (QED) is 0.763. The summed E-state index contributed by atoms with van der Waals surface area (Å²) in [6.45, 7) is 0. The topological polar surface area (TPSA) is 77.8 Å². The second kappa shape index (κ2) is 4.14. The van der Waals surface area contributed by atoms with Crippen LogP contribution in [0.25, 0.3) is 11.1 Å². The molecule has 0 spiro atoms. The molecule has 1 aromatic carbocycles. The maximum Gasteiger partial charge on any atom is 0.222 e. The van der Waals surface area contributed by atoms with Crippen molar-refractivity contribution in [1.82, 2.24) is 9.97 Å². The van der Waals surface area contributed by atoms with Gasteiger partial charge in [0.05, 0.1) is 5.69 Å². The van der Waals surface area contributed by atoms with Gasteiger partial charge in [-0.3, -0.25) is 0 Å². The van der Waals surface area contributed by atoms with Crippen LogP contribution < -0.4 is 11.5 Å². The van der Waals surface area contributed by atoms with E-state index < -0.39 is 0 Å². The van der Waals surface area contributed by atoms with Crippen LogP contribution in [0.1, 0.15) is 17.7 Å². The van der Waals surface area contributed by atoms with E-state index >= 15 is 0 Å². The fraction of sp³-hybridized carbons (Fsp3) is 0.231. The van der Waals surface area contributed by atoms with Gasteiger partial charge in [0.2, 0.25) is 5.95 Å². The van der Waals surface area contributed by atoms with Crippen LogP contribution in [0.2, 0.25) is 5.02 Å². The van der Waals surface area contributed by atoms with E-state index in [1.807, 2.05) is 18.2 Å². The fourth-order valence-electron chi connectivity index (χ4n) is 2.47. The summed E-state index contributed by atoms with van der Waals surface area (Å²) in [6, 6.07) is 5.87. The van der Waals surface area contributed by atoms with Crippen molar-refractivity contribution in [2.45, 2.75) is 19.3 Å². The highest BCUT2D eigenvalue weighted by Crippen LogP contribution is 2.36. The molecule has 1 heterocycles. The molecule has 5 heteroatoms. The molecule has 0 fully saturated rings. The van der Waals surface area contributed by atoms with Crippen LogP contribution in [0.3, 0.4) is 0 Å². The molecule has 0 saturated carbocycles. The van der Waals surface area contributed by atoms with Gasteiger partial charge in [-0.1, -0.05) is 17.7 Å². The predicted molar refractivity (Wildman–Crippen MR) is 73.3 cm³/mol. The molecular weight excluding hydrogens is 248 g/mol. The molecule has 0 radical (unpaired) electrons. The zero-order valence-electron chi connectivity index (χ0n) is 9.78. The lowest BCUT2D eigenvalue weighted by molar-refractivity contribution is 0.813. The van der Waals surface area contributed by atoms with Crippen molar-refractivity contribution in [3.05, 3.63) is 34.5 Å². The summed E-state index contributed by atoms with van der Waals surface area (Å²) in [5, 5.41) is 0.692. The zero-order valence-corrected chi connectivity index (χ0v) is 10.5. The molecule has 4 N–H and O–H groups in total. The van der Waals surface area contributed by atoms with E-state index in [4.69, 9.17) is 23.1 Å². The molecule has 0 unspecified atom stereocenters. The third-order valence-corrected chi connectivity index (χ3v) is 3.47. The van der Waals surface area contributed by atoms with Gasteiger partial charge in [0.25, 0.3) is 0 Å². The largest absolute Gasteiger partial charge is 0.383 e. The van der Waals surface area contributed by atoms with Crippen LogP contribution in [0.4, 0.5) is 11.8 Å². The van der Waals surface area contributed by atoms with Crippen molar-refractivity contribution in [3.63, 3.8) is 0 Å². The summed E-state index contributed by atoms with van der Waals surface area (Å²) < 4.78 is 0. The van der Waals surface area contributed by atoms with Crippen LogP contribution in [0, 0.1) is 0 Å². The zero-order chi connectivity index (χ0) is 12.7. The third-order valence-electron chi connectivity index (χ3n) is 3.23. The molecule has 18 heavy (non-hydrogen) atoms. The Morgan fingerprint density at radius 1 is 1.11 bits per heavy atom. The van der Waals surface area contributed by atoms with Crippen molar-refractivity contribution in [3.8, 4) is 11.1 Å². The van der Waals surface area contributed by atoms with Crippen LogP contribution in [-0.4, -0.2) is 9.97 Å². The van der Waals surface area contributed by atoms with Crippen molar-refractivity contribution >= 4 is 23.4 Å². The molecule has 0 amide bonds. The fourth-order valence-corrected chi connectivity index (χ4v) is 2.64. The Morgan fingerprint density at radius 2 is 1.94 bits per heavy atom. The first-order valence-corrected chi connectivity index (χ1v) is 6.23. The Labute approximate surface area is 110 Å². The molecule has 4 nitrogen and oxygen atoms in total. The lowest BCUT2D eigenvalue weighted by Crippen LogP contribution is -2.06. The van der Waals surface area contributed by atoms with Gasteiger partial charge in [0.15, 0.2) is 0 Å². The first kappa shape index (κ1) is 11.3. The summed E-state index contributed by atoms with van der Waals surface area (Å²) in [6.07, 6.45) is 2.87. The van der Waals surface area contributed by atoms with Gasteiger partial charge in [0.1, 0.15) is 5.82 Å². The molecule has 1 aliphatic rings. The molecule has 0 aliphatic heterocycles. The average molecular weight is 261 g/mol.